The Labute approximate surface area is 170 Å². The summed E-state index contributed by atoms with van der Waals surface area (Å²) in [6.07, 6.45) is -0.105. The molecule has 0 bridgehead atoms. The Morgan fingerprint density at radius 3 is 2.62 bits per heavy atom. The highest BCUT2D eigenvalue weighted by atomic mass is 32.2. The van der Waals surface area contributed by atoms with Gasteiger partial charge < -0.3 is 5.32 Å². The first kappa shape index (κ1) is 20.4. The van der Waals surface area contributed by atoms with Crippen LogP contribution in [0.3, 0.4) is 0 Å². The lowest BCUT2D eigenvalue weighted by atomic mass is 10.1. The third kappa shape index (κ3) is 5.15. The van der Waals surface area contributed by atoms with E-state index in [1.807, 2.05) is 0 Å². The smallest absolute Gasteiger partial charge is 0.271 e. The molecule has 0 fully saturated rings. The normalized spacial score (nSPS) is 11.1. The molecule has 0 radical (unpaired) electrons. The van der Waals surface area contributed by atoms with Gasteiger partial charge >= 0.3 is 0 Å². The maximum atomic E-state index is 12.3. The molecule has 0 saturated carbocycles. The Morgan fingerprint density at radius 1 is 1.21 bits per heavy atom. The van der Waals surface area contributed by atoms with Crippen molar-refractivity contribution in [2.24, 2.45) is 0 Å². The van der Waals surface area contributed by atoms with Crippen LogP contribution in [0.4, 0.5) is 16.5 Å². The highest BCUT2D eigenvalue weighted by Gasteiger charge is 2.17. The first-order valence-corrected chi connectivity index (χ1v) is 10.7. The van der Waals surface area contributed by atoms with Gasteiger partial charge in [0, 0.05) is 17.5 Å². The first-order chi connectivity index (χ1) is 13.7. The monoisotopic (exact) mass is 432 g/mol. The van der Waals surface area contributed by atoms with Gasteiger partial charge in [-0.25, -0.2) is 13.4 Å². The van der Waals surface area contributed by atoms with Crippen molar-refractivity contribution in [2.45, 2.75) is 18.2 Å². The van der Waals surface area contributed by atoms with Gasteiger partial charge in [0.1, 0.15) is 0 Å². The summed E-state index contributed by atoms with van der Waals surface area (Å²) in [5.74, 6) is -0.420. The number of hydrogen-bond donors (Lipinski definition) is 2. The molecule has 2 N–H and O–H groups in total. The fourth-order valence-corrected chi connectivity index (χ4v) is 4.41. The van der Waals surface area contributed by atoms with Crippen LogP contribution in [0.1, 0.15) is 11.3 Å². The predicted molar refractivity (Wildman–Crippen MR) is 110 cm³/mol. The van der Waals surface area contributed by atoms with E-state index in [9.17, 15) is 23.3 Å². The van der Waals surface area contributed by atoms with Gasteiger partial charge in [-0.3, -0.25) is 19.6 Å². The molecule has 11 heteroatoms. The van der Waals surface area contributed by atoms with Gasteiger partial charge in [-0.05, 0) is 24.6 Å². The van der Waals surface area contributed by atoms with Gasteiger partial charge in [-0.15, -0.1) is 11.3 Å². The highest BCUT2D eigenvalue weighted by molar-refractivity contribution is 7.93. The van der Waals surface area contributed by atoms with E-state index in [4.69, 9.17) is 0 Å². The number of carbonyl (C=O) groups is 1. The quantitative estimate of drug-likeness (QED) is 0.435. The third-order valence-electron chi connectivity index (χ3n) is 3.87. The molecule has 29 heavy (non-hydrogen) atoms. The number of nitrogens with zero attached hydrogens (tertiary/aromatic N) is 2. The number of aromatic nitrogens is 1. The van der Waals surface area contributed by atoms with Crippen molar-refractivity contribution < 1.29 is 18.1 Å². The van der Waals surface area contributed by atoms with Gasteiger partial charge in [0.2, 0.25) is 5.91 Å². The van der Waals surface area contributed by atoms with Crippen LogP contribution in [-0.2, 0) is 21.2 Å². The van der Waals surface area contributed by atoms with Crippen molar-refractivity contribution in [3.63, 3.8) is 0 Å². The second kappa shape index (κ2) is 8.37. The molecule has 2 aromatic carbocycles. The molecule has 0 aliphatic carbocycles. The van der Waals surface area contributed by atoms with E-state index < -0.39 is 20.9 Å². The van der Waals surface area contributed by atoms with Crippen LogP contribution in [0.15, 0.2) is 58.8 Å². The first-order valence-electron chi connectivity index (χ1n) is 8.32. The highest BCUT2D eigenvalue weighted by Crippen LogP contribution is 2.23. The summed E-state index contributed by atoms with van der Waals surface area (Å²) in [5.41, 5.74) is 1.27. The van der Waals surface area contributed by atoms with Crippen LogP contribution in [0.2, 0.25) is 0 Å². The number of nitro benzene ring substituents is 1. The Balaban J connectivity index is 1.67. The molecule has 0 unspecified atom stereocenters. The van der Waals surface area contributed by atoms with Crippen molar-refractivity contribution in [1.29, 1.82) is 0 Å². The number of hydrogen-bond acceptors (Lipinski definition) is 7. The number of carbonyl (C=O) groups excluding carboxylic acids is 1. The molecular weight excluding hydrogens is 416 g/mol. The lowest BCUT2D eigenvalue weighted by molar-refractivity contribution is -0.384. The maximum absolute atomic E-state index is 12.3. The Bertz CT molecular complexity index is 1160. The van der Waals surface area contributed by atoms with Crippen molar-refractivity contribution in [3.05, 3.63) is 75.3 Å². The minimum atomic E-state index is -3.76. The van der Waals surface area contributed by atoms with E-state index in [1.54, 1.807) is 36.6 Å². The summed E-state index contributed by atoms with van der Waals surface area (Å²) < 4.78 is 27.0. The fraction of sp³-hybridized carbons (Fsp3) is 0.111. The second-order valence-corrected chi connectivity index (χ2v) is 8.58. The largest absolute Gasteiger partial charge is 0.325 e. The third-order valence-corrected chi connectivity index (χ3v) is 6.17. The van der Waals surface area contributed by atoms with Crippen molar-refractivity contribution in [3.8, 4) is 0 Å². The van der Waals surface area contributed by atoms with Crippen LogP contribution < -0.4 is 10.0 Å². The van der Waals surface area contributed by atoms with Gasteiger partial charge in [0.05, 0.1) is 27.6 Å². The number of rotatable bonds is 7. The molecular formula is C18H16N4O5S2. The lowest BCUT2D eigenvalue weighted by Crippen LogP contribution is -2.16. The predicted octanol–water partition coefficient (Wildman–Crippen LogP) is 3.34. The van der Waals surface area contributed by atoms with Crippen LogP contribution in [0.5, 0.6) is 0 Å². The van der Waals surface area contributed by atoms with Crippen molar-refractivity contribution in [1.82, 2.24) is 4.98 Å². The number of nitro groups is 1. The minimum Gasteiger partial charge on any atom is -0.325 e. The molecule has 9 nitrogen and oxygen atoms in total. The number of aryl methyl sites for hydroxylation is 1. The summed E-state index contributed by atoms with van der Waals surface area (Å²) in [7, 11) is -3.76. The average Bonchev–Trinajstić information content (AvgIpc) is 3.10. The van der Waals surface area contributed by atoms with Crippen molar-refractivity contribution in [2.75, 3.05) is 10.0 Å². The minimum absolute atomic E-state index is 0.105. The molecule has 1 aromatic heterocycles. The van der Waals surface area contributed by atoms with Gasteiger partial charge in [-0.1, -0.05) is 24.3 Å². The molecule has 3 rings (SSSR count). The van der Waals surface area contributed by atoms with E-state index in [0.717, 1.165) is 11.3 Å². The number of nitrogens with one attached hydrogen (secondary N) is 2. The summed E-state index contributed by atoms with van der Waals surface area (Å²) in [5, 5.41) is 15.2. The number of non-ortho nitro benzene ring substituents is 1. The topological polar surface area (TPSA) is 131 Å². The van der Waals surface area contributed by atoms with Gasteiger partial charge in [0.25, 0.3) is 15.7 Å². The Hall–Kier alpha value is -3.31. The molecule has 3 aromatic rings. The number of thiazole rings is 1. The number of benzene rings is 2. The van der Waals surface area contributed by atoms with E-state index in [2.05, 4.69) is 15.0 Å². The molecule has 1 amide bonds. The van der Waals surface area contributed by atoms with Gasteiger partial charge in [-0.2, -0.15) is 0 Å². The number of anilines is 2. The molecule has 150 valence electrons. The summed E-state index contributed by atoms with van der Waals surface area (Å²) in [4.78, 5) is 26.9. The molecule has 0 aliphatic heterocycles. The lowest BCUT2D eigenvalue weighted by Gasteiger charge is -2.07. The number of amides is 1. The SMILES string of the molecule is Cc1ccc([N+](=O)[O-])cc1NC(=O)Cc1csc(NS(=O)(=O)c2ccccc2)n1. The Kier molecular flexibility index (Phi) is 5.89. The van der Waals surface area contributed by atoms with E-state index in [1.165, 1.54) is 24.3 Å². The van der Waals surface area contributed by atoms with Crippen LogP contribution in [0, 0.1) is 17.0 Å². The molecule has 0 atom stereocenters. The summed E-state index contributed by atoms with van der Waals surface area (Å²) in [6, 6.07) is 12.1. The zero-order valence-electron chi connectivity index (χ0n) is 15.2. The van der Waals surface area contributed by atoms with Crippen LogP contribution in [0.25, 0.3) is 0 Å². The maximum Gasteiger partial charge on any atom is 0.271 e. The summed E-state index contributed by atoms with van der Waals surface area (Å²) >= 11 is 1.06. The van der Waals surface area contributed by atoms with Crippen LogP contribution in [-0.4, -0.2) is 24.2 Å². The molecule has 0 aliphatic rings. The van der Waals surface area contributed by atoms with Gasteiger partial charge in [0.15, 0.2) is 5.13 Å². The fourth-order valence-electron chi connectivity index (χ4n) is 2.43. The van der Waals surface area contributed by atoms with E-state index in [0.29, 0.717) is 16.9 Å². The van der Waals surface area contributed by atoms with Crippen molar-refractivity contribution >= 4 is 43.8 Å². The number of sulfonamides is 1. The van der Waals surface area contributed by atoms with E-state index in [-0.39, 0.29) is 22.1 Å². The summed E-state index contributed by atoms with van der Waals surface area (Å²) in [6.45, 7) is 1.72. The zero-order chi connectivity index (χ0) is 21.0. The molecule has 0 spiro atoms. The molecule has 1 heterocycles. The van der Waals surface area contributed by atoms with Crippen LogP contribution >= 0.6 is 11.3 Å². The standard InChI is InChI=1S/C18H16N4O5S2/c1-12-7-8-14(22(24)25)10-16(12)20-17(23)9-13-11-28-18(19-13)21-29(26,27)15-5-3-2-4-6-15/h2-8,10-11H,9H2,1H3,(H,19,21)(H,20,23). The Morgan fingerprint density at radius 2 is 1.93 bits per heavy atom. The second-order valence-electron chi connectivity index (χ2n) is 6.04. The zero-order valence-corrected chi connectivity index (χ0v) is 16.8. The average molecular weight is 432 g/mol. The molecule has 0 saturated heterocycles. The van der Waals surface area contributed by atoms with E-state index >= 15 is 0 Å².